The maximum atomic E-state index is 13.1. The van der Waals surface area contributed by atoms with Crippen molar-refractivity contribution in [3.63, 3.8) is 0 Å². The van der Waals surface area contributed by atoms with E-state index >= 15 is 0 Å². The van der Waals surface area contributed by atoms with Crippen molar-refractivity contribution in [2.45, 2.75) is 26.1 Å². The van der Waals surface area contributed by atoms with Gasteiger partial charge in [0.2, 0.25) is 5.91 Å². The van der Waals surface area contributed by atoms with Crippen LogP contribution in [0, 0.1) is 0 Å². The fraction of sp³-hybridized carbons (Fsp3) is 0.240. The number of benzene rings is 2. The standard InChI is InChI=1S/C25H27N3O4/c1-19(25(30)27-16-20-12-14-26-15-13-20)28(17-21-8-10-22(31-2)11-9-21)24(29)18-32-23-6-4-3-5-7-23/h3-15,19H,16-18H2,1-2H3,(H,27,30)/t19-/m1/s1. The summed E-state index contributed by atoms with van der Waals surface area (Å²) in [5, 5.41) is 2.89. The number of hydrogen-bond acceptors (Lipinski definition) is 5. The fourth-order valence-electron chi connectivity index (χ4n) is 3.09. The van der Waals surface area contributed by atoms with Gasteiger partial charge >= 0.3 is 0 Å². The van der Waals surface area contributed by atoms with Crippen molar-refractivity contribution in [3.05, 3.63) is 90.3 Å². The van der Waals surface area contributed by atoms with E-state index in [2.05, 4.69) is 10.3 Å². The predicted octanol–water partition coefficient (Wildman–Crippen LogP) is 3.20. The second-order valence-corrected chi connectivity index (χ2v) is 7.22. The van der Waals surface area contributed by atoms with Gasteiger partial charge < -0.3 is 19.7 Å². The van der Waals surface area contributed by atoms with Crippen molar-refractivity contribution in [1.82, 2.24) is 15.2 Å². The van der Waals surface area contributed by atoms with Crippen LogP contribution in [0.2, 0.25) is 0 Å². The SMILES string of the molecule is COc1ccc(CN(C(=O)COc2ccccc2)[C@H](C)C(=O)NCc2ccncc2)cc1. The molecule has 0 saturated heterocycles. The summed E-state index contributed by atoms with van der Waals surface area (Å²) in [6, 6.07) is 19.5. The Balaban J connectivity index is 1.69. The van der Waals surface area contributed by atoms with Crippen LogP contribution in [0.15, 0.2) is 79.1 Å². The number of ether oxygens (including phenoxy) is 2. The lowest BCUT2D eigenvalue weighted by Gasteiger charge is -2.29. The van der Waals surface area contributed by atoms with Gasteiger partial charge in [-0.2, -0.15) is 0 Å². The number of aromatic nitrogens is 1. The maximum Gasteiger partial charge on any atom is 0.261 e. The molecule has 3 rings (SSSR count). The summed E-state index contributed by atoms with van der Waals surface area (Å²) in [7, 11) is 1.60. The first kappa shape index (κ1) is 22.8. The third-order valence-corrected chi connectivity index (χ3v) is 5.00. The minimum Gasteiger partial charge on any atom is -0.497 e. The summed E-state index contributed by atoms with van der Waals surface area (Å²) < 4.78 is 10.8. The van der Waals surface area contributed by atoms with Gasteiger partial charge in [0.25, 0.3) is 5.91 Å². The zero-order chi connectivity index (χ0) is 22.8. The molecule has 0 aliphatic heterocycles. The van der Waals surface area contributed by atoms with E-state index in [1.807, 2.05) is 54.6 Å². The van der Waals surface area contributed by atoms with Crippen molar-refractivity contribution in [2.75, 3.05) is 13.7 Å². The molecule has 0 saturated carbocycles. The van der Waals surface area contributed by atoms with Crippen LogP contribution in [0.3, 0.4) is 0 Å². The zero-order valence-electron chi connectivity index (χ0n) is 18.2. The molecule has 0 spiro atoms. The average Bonchev–Trinajstić information content (AvgIpc) is 2.85. The van der Waals surface area contributed by atoms with E-state index in [9.17, 15) is 9.59 Å². The minimum atomic E-state index is -0.689. The molecule has 2 amide bonds. The number of carbonyl (C=O) groups is 2. The van der Waals surface area contributed by atoms with Crippen LogP contribution in [-0.2, 0) is 22.7 Å². The van der Waals surface area contributed by atoms with E-state index in [4.69, 9.17) is 9.47 Å². The molecule has 0 radical (unpaired) electrons. The summed E-state index contributed by atoms with van der Waals surface area (Å²) in [6.45, 7) is 2.18. The Morgan fingerprint density at radius 3 is 2.28 bits per heavy atom. The van der Waals surface area contributed by atoms with Crippen molar-refractivity contribution < 1.29 is 19.1 Å². The lowest BCUT2D eigenvalue weighted by atomic mass is 10.1. The third kappa shape index (κ3) is 6.57. The number of carbonyl (C=O) groups excluding carboxylic acids is 2. The normalized spacial score (nSPS) is 11.3. The van der Waals surface area contributed by atoms with Gasteiger partial charge in [-0.25, -0.2) is 0 Å². The molecule has 1 aromatic heterocycles. The quantitative estimate of drug-likeness (QED) is 0.531. The van der Waals surface area contributed by atoms with Gasteiger partial charge in [0.1, 0.15) is 17.5 Å². The van der Waals surface area contributed by atoms with Crippen LogP contribution in [0.5, 0.6) is 11.5 Å². The van der Waals surface area contributed by atoms with Crippen molar-refractivity contribution in [1.29, 1.82) is 0 Å². The van der Waals surface area contributed by atoms with Gasteiger partial charge in [-0.15, -0.1) is 0 Å². The van der Waals surface area contributed by atoms with Crippen LogP contribution in [0.25, 0.3) is 0 Å². The van der Waals surface area contributed by atoms with Crippen molar-refractivity contribution in [2.24, 2.45) is 0 Å². The topological polar surface area (TPSA) is 80.8 Å². The smallest absolute Gasteiger partial charge is 0.261 e. The highest BCUT2D eigenvalue weighted by Crippen LogP contribution is 2.16. The molecule has 3 aromatic rings. The first-order valence-electron chi connectivity index (χ1n) is 10.3. The Morgan fingerprint density at radius 1 is 0.938 bits per heavy atom. The number of methoxy groups -OCH3 is 1. The molecule has 7 nitrogen and oxygen atoms in total. The molecule has 0 fully saturated rings. The van der Waals surface area contributed by atoms with E-state index < -0.39 is 6.04 Å². The monoisotopic (exact) mass is 433 g/mol. The zero-order valence-corrected chi connectivity index (χ0v) is 18.2. The van der Waals surface area contributed by atoms with Gasteiger partial charge in [0.15, 0.2) is 6.61 Å². The number of nitrogens with one attached hydrogen (secondary N) is 1. The lowest BCUT2D eigenvalue weighted by molar-refractivity contribution is -0.142. The second kappa shape index (κ2) is 11.5. The van der Waals surface area contributed by atoms with Gasteiger partial charge in [-0.3, -0.25) is 14.6 Å². The fourth-order valence-corrected chi connectivity index (χ4v) is 3.09. The molecule has 1 N–H and O–H groups in total. The molecule has 7 heteroatoms. The number of nitrogens with zero attached hydrogens (tertiary/aromatic N) is 2. The van der Waals surface area contributed by atoms with E-state index in [0.29, 0.717) is 12.3 Å². The number of rotatable bonds is 10. The third-order valence-electron chi connectivity index (χ3n) is 5.00. The Kier molecular flexibility index (Phi) is 8.20. The predicted molar refractivity (Wildman–Crippen MR) is 121 cm³/mol. The van der Waals surface area contributed by atoms with E-state index in [-0.39, 0.29) is 25.0 Å². The van der Waals surface area contributed by atoms with Crippen LogP contribution in [0.4, 0.5) is 0 Å². The van der Waals surface area contributed by atoms with Crippen LogP contribution in [0.1, 0.15) is 18.1 Å². The largest absolute Gasteiger partial charge is 0.497 e. The van der Waals surface area contributed by atoms with E-state index in [1.54, 1.807) is 38.6 Å². The van der Waals surface area contributed by atoms with E-state index in [1.165, 1.54) is 4.90 Å². The molecule has 1 atom stereocenters. The summed E-state index contributed by atoms with van der Waals surface area (Å²) in [6.07, 6.45) is 3.34. The van der Waals surface area contributed by atoms with Crippen LogP contribution < -0.4 is 14.8 Å². The van der Waals surface area contributed by atoms with Crippen molar-refractivity contribution in [3.8, 4) is 11.5 Å². The lowest BCUT2D eigenvalue weighted by Crippen LogP contribution is -2.48. The Bertz CT molecular complexity index is 995. The van der Waals surface area contributed by atoms with E-state index in [0.717, 1.165) is 16.9 Å². The number of hydrogen-bond donors (Lipinski definition) is 1. The highest BCUT2D eigenvalue weighted by atomic mass is 16.5. The molecule has 166 valence electrons. The minimum absolute atomic E-state index is 0.165. The molecule has 0 aliphatic carbocycles. The van der Waals surface area contributed by atoms with Crippen LogP contribution >= 0.6 is 0 Å². The number of pyridine rings is 1. The Labute approximate surface area is 188 Å². The molecule has 0 bridgehead atoms. The molecule has 32 heavy (non-hydrogen) atoms. The molecule has 1 heterocycles. The highest BCUT2D eigenvalue weighted by Gasteiger charge is 2.26. The molecular formula is C25H27N3O4. The van der Waals surface area contributed by atoms with Gasteiger partial charge in [0.05, 0.1) is 7.11 Å². The summed E-state index contributed by atoms with van der Waals surface area (Å²) in [5.74, 6) is 0.793. The highest BCUT2D eigenvalue weighted by molar-refractivity contribution is 5.87. The molecule has 0 unspecified atom stereocenters. The maximum absolute atomic E-state index is 13.1. The average molecular weight is 434 g/mol. The molecular weight excluding hydrogens is 406 g/mol. The van der Waals surface area contributed by atoms with Gasteiger partial charge in [0, 0.05) is 25.5 Å². The summed E-state index contributed by atoms with van der Waals surface area (Å²) in [4.78, 5) is 31.4. The first-order chi connectivity index (χ1) is 15.6. The summed E-state index contributed by atoms with van der Waals surface area (Å²) in [5.41, 5.74) is 1.81. The van der Waals surface area contributed by atoms with Crippen molar-refractivity contribution >= 4 is 11.8 Å². The number of para-hydroxylation sites is 1. The van der Waals surface area contributed by atoms with Gasteiger partial charge in [-0.1, -0.05) is 30.3 Å². The molecule has 2 aromatic carbocycles. The van der Waals surface area contributed by atoms with Crippen LogP contribution in [-0.4, -0.2) is 41.5 Å². The first-order valence-corrected chi connectivity index (χ1v) is 10.3. The van der Waals surface area contributed by atoms with Gasteiger partial charge in [-0.05, 0) is 54.4 Å². The second-order valence-electron chi connectivity index (χ2n) is 7.22. The summed E-state index contributed by atoms with van der Waals surface area (Å²) >= 11 is 0. The Hall–Kier alpha value is -3.87. The Morgan fingerprint density at radius 2 is 1.62 bits per heavy atom. The number of amides is 2. The molecule has 0 aliphatic rings.